The van der Waals surface area contributed by atoms with Gasteiger partial charge in [-0.25, -0.2) is 0 Å². The third kappa shape index (κ3) is 43.7. The molecule has 0 heterocycles. The minimum absolute atomic E-state index is 0.0905. The molecule has 330 valence electrons. The van der Waals surface area contributed by atoms with Gasteiger partial charge in [0.15, 0.2) is 6.10 Å². The third-order valence-electron chi connectivity index (χ3n) is 9.63. The molecule has 0 aliphatic rings. The van der Waals surface area contributed by atoms with Gasteiger partial charge in [-0.1, -0.05) is 183 Å². The Kier molecular flexibility index (Phi) is 43.6. The van der Waals surface area contributed by atoms with Crippen molar-refractivity contribution in [3.63, 3.8) is 0 Å². The van der Waals surface area contributed by atoms with Gasteiger partial charge in [-0.2, -0.15) is 0 Å². The van der Waals surface area contributed by atoms with Crippen LogP contribution in [-0.2, 0) is 28.6 Å². The summed E-state index contributed by atoms with van der Waals surface area (Å²) in [4.78, 5) is 37.5. The van der Waals surface area contributed by atoms with E-state index in [0.717, 1.165) is 141 Å². The standard InChI is InChI=1S/C52H86O6/c1-4-7-10-13-15-17-19-21-23-24-25-26-27-28-29-31-32-34-36-39-42-45-51(54)57-48-49(47-56-50(53)44-41-38-12-9-6-3)58-52(55)46-43-40-37-35-33-30-22-20-18-16-14-11-8-5-2/h7,10,14-17,20-23,25-26,28-29,49H,4-6,8-9,11-13,18-19,24,27,30-48H2,1-3H3/b10-7-,16-14-,17-15-,22-20-,23-21-,26-25-,29-28-. The van der Waals surface area contributed by atoms with Gasteiger partial charge in [0.2, 0.25) is 0 Å². The monoisotopic (exact) mass is 807 g/mol. The molecule has 0 amide bonds. The van der Waals surface area contributed by atoms with Crippen LogP contribution in [0.25, 0.3) is 0 Å². The van der Waals surface area contributed by atoms with Gasteiger partial charge in [-0.3, -0.25) is 14.4 Å². The number of allylic oxidation sites excluding steroid dienone is 14. The molecule has 6 nitrogen and oxygen atoms in total. The van der Waals surface area contributed by atoms with Gasteiger partial charge < -0.3 is 14.2 Å². The molecule has 0 aliphatic heterocycles. The van der Waals surface area contributed by atoms with Crippen LogP contribution in [-0.4, -0.2) is 37.2 Å². The molecule has 0 saturated carbocycles. The quantitative estimate of drug-likeness (QED) is 0.0265. The molecule has 1 unspecified atom stereocenters. The predicted molar refractivity (Wildman–Crippen MR) is 247 cm³/mol. The van der Waals surface area contributed by atoms with Crippen molar-refractivity contribution < 1.29 is 28.6 Å². The molecule has 0 rings (SSSR count). The van der Waals surface area contributed by atoms with Crippen molar-refractivity contribution in [2.75, 3.05) is 13.2 Å². The van der Waals surface area contributed by atoms with Crippen molar-refractivity contribution in [1.82, 2.24) is 0 Å². The first-order chi connectivity index (χ1) is 28.5. The van der Waals surface area contributed by atoms with Crippen LogP contribution in [0.4, 0.5) is 0 Å². The topological polar surface area (TPSA) is 78.9 Å². The molecular weight excluding hydrogens is 721 g/mol. The highest BCUT2D eigenvalue weighted by Gasteiger charge is 2.19. The first-order valence-corrected chi connectivity index (χ1v) is 23.6. The molecule has 6 heteroatoms. The Morgan fingerprint density at radius 1 is 0.362 bits per heavy atom. The highest BCUT2D eigenvalue weighted by molar-refractivity contribution is 5.71. The minimum atomic E-state index is -0.787. The van der Waals surface area contributed by atoms with E-state index in [1.165, 1.54) is 25.7 Å². The second-order valence-corrected chi connectivity index (χ2v) is 15.3. The fourth-order valence-electron chi connectivity index (χ4n) is 6.07. The molecule has 0 N–H and O–H groups in total. The Morgan fingerprint density at radius 3 is 1.10 bits per heavy atom. The SMILES string of the molecule is CC/C=C\C/C=C\C/C=C\C/C=C\C/C=C\CCCCCCCC(=O)OCC(COC(=O)CCCCCCC)OC(=O)CCCCCCC/C=C\C/C=C\CCCC. The number of hydrogen-bond acceptors (Lipinski definition) is 6. The van der Waals surface area contributed by atoms with E-state index in [1.54, 1.807) is 0 Å². The molecular formula is C52H86O6. The van der Waals surface area contributed by atoms with Crippen molar-refractivity contribution in [3.05, 3.63) is 85.1 Å². The lowest BCUT2D eigenvalue weighted by Crippen LogP contribution is -2.30. The van der Waals surface area contributed by atoms with Gasteiger partial charge in [0, 0.05) is 19.3 Å². The molecule has 0 saturated heterocycles. The van der Waals surface area contributed by atoms with Gasteiger partial charge in [-0.15, -0.1) is 0 Å². The number of ether oxygens (including phenoxy) is 3. The van der Waals surface area contributed by atoms with Gasteiger partial charge in [0.25, 0.3) is 0 Å². The van der Waals surface area contributed by atoms with Gasteiger partial charge in [0.1, 0.15) is 13.2 Å². The maximum Gasteiger partial charge on any atom is 0.306 e. The summed E-state index contributed by atoms with van der Waals surface area (Å²) in [5.74, 6) is -0.944. The Bertz CT molecular complexity index is 1160. The molecule has 0 aliphatic carbocycles. The zero-order valence-electron chi connectivity index (χ0n) is 37.5. The maximum atomic E-state index is 12.7. The smallest absolute Gasteiger partial charge is 0.306 e. The number of rotatable bonds is 41. The van der Waals surface area contributed by atoms with Crippen molar-refractivity contribution >= 4 is 17.9 Å². The second-order valence-electron chi connectivity index (χ2n) is 15.3. The molecule has 0 aromatic rings. The van der Waals surface area contributed by atoms with Crippen LogP contribution >= 0.6 is 0 Å². The summed E-state index contributed by atoms with van der Waals surface area (Å²) in [5, 5.41) is 0. The van der Waals surface area contributed by atoms with E-state index in [9.17, 15) is 14.4 Å². The Labute approximate surface area is 356 Å². The van der Waals surface area contributed by atoms with Crippen molar-refractivity contribution in [1.29, 1.82) is 0 Å². The number of hydrogen-bond donors (Lipinski definition) is 0. The van der Waals surface area contributed by atoms with Crippen LogP contribution in [0.5, 0.6) is 0 Å². The summed E-state index contributed by atoms with van der Waals surface area (Å²) in [6.07, 6.45) is 58.8. The first-order valence-electron chi connectivity index (χ1n) is 23.6. The zero-order valence-corrected chi connectivity index (χ0v) is 37.5. The van der Waals surface area contributed by atoms with Crippen LogP contribution in [0.1, 0.15) is 207 Å². The summed E-state index contributed by atoms with van der Waals surface area (Å²) in [7, 11) is 0. The van der Waals surface area contributed by atoms with E-state index in [-0.39, 0.29) is 31.1 Å². The number of carbonyl (C=O) groups is 3. The summed E-state index contributed by atoms with van der Waals surface area (Å²) in [6.45, 7) is 6.35. The summed E-state index contributed by atoms with van der Waals surface area (Å²) in [6, 6.07) is 0. The van der Waals surface area contributed by atoms with E-state index in [4.69, 9.17) is 14.2 Å². The van der Waals surface area contributed by atoms with Crippen molar-refractivity contribution in [3.8, 4) is 0 Å². The Hall–Kier alpha value is -3.41. The highest BCUT2D eigenvalue weighted by atomic mass is 16.6. The van der Waals surface area contributed by atoms with Crippen LogP contribution in [0.15, 0.2) is 85.1 Å². The van der Waals surface area contributed by atoms with Gasteiger partial charge >= 0.3 is 17.9 Å². The fraction of sp³-hybridized carbons (Fsp3) is 0.673. The highest BCUT2D eigenvalue weighted by Crippen LogP contribution is 2.12. The molecule has 0 radical (unpaired) electrons. The minimum Gasteiger partial charge on any atom is -0.462 e. The van der Waals surface area contributed by atoms with E-state index < -0.39 is 6.10 Å². The molecule has 0 spiro atoms. The summed E-state index contributed by atoms with van der Waals surface area (Å²) >= 11 is 0. The van der Waals surface area contributed by atoms with Crippen LogP contribution < -0.4 is 0 Å². The maximum absolute atomic E-state index is 12.7. The summed E-state index contributed by atoms with van der Waals surface area (Å²) < 4.78 is 16.6. The number of unbranched alkanes of at least 4 members (excludes halogenated alkanes) is 16. The Balaban J connectivity index is 4.26. The second kappa shape index (κ2) is 46.3. The molecule has 0 fully saturated rings. The van der Waals surface area contributed by atoms with E-state index in [1.807, 2.05) is 0 Å². The molecule has 0 bridgehead atoms. The number of esters is 3. The van der Waals surface area contributed by atoms with Gasteiger partial charge in [-0.05, 0) is 89.9 Å². The lowest BCUT2D eigenvalue weighted by molar-refractivity contribution is -0.167. The molecule has 1 atom stereocenters. The molecule has 0 aromatic carbocycles. The molecule has 0 aromatic heterocycles. The third-order valence-corrected chi connectivity index (χ3v) is 9.63. The lowest BCUT2D eigenvalue weighted by Gasteiger charge is -2.18. The molecule has 58 heavy (non-hydrogen) atoms. The average molecular weight is 807 g/mol. The average Bonchev–Trinajstić information content (AvgIpc) is 3.22. The van der Waals surface area contributed by atoms with Crippen LogP contribution in [0.3, 0.4) is 0 Å². The van der Waals surface area contributed by atoms with Crippen LogP contribution in [0, 0.1) is 0 Å². The van der Waals surface area contributed by atoms with E-state index in [0.29, 0.717) is 19.3 Å². The lowest BCUT2D eigenvalue weighted by atomic mass is 10.1. The zero-order chi connectivity index (χ0) is 42.3. The Morgan fingerprint density at radius 2 is 0.690 bits per heavy atom. The van der Waals surface area contributed by atoms with Crippen molar-refractivity contribution in [2.45, 2.75) is 213 Å². The van der Waals surface area contributed by atoms with E-state index >= 15 is 0 Å². The van der Waals surface area contributed by atoms with E-state index in [2.05, 4.69) is 106 Å². The fourth-order valence-corrected chi connectivity index (χ4v) is 6.07. The summed E-state index contributed by atoms with van der Waals surface area (Å²) in [5.41, 5.74) is 0. The van der Waals surface area contributed by atoms with Crippen LogP contribution in [0.2, 0.25) is 0 Å². The van der Waals surface area contributed by atoms with Gasteiger partial charge in [0.05, 0.1) is 0 Å². The first kappa shape index (κ1) is 54.6. The largest absolute Gasteiger partial charge is 0.462 e. The number of carbonyl (C=O) groups excluding carboxylic acids is 3. The predicted octanol–water partition coefficient (Wildman–Crippen LogP) is 15.3. The van der Waals surface area contributed by atoms with Crippen molar-refractivity contribution in [2.24, 2.45) is 0 Å². The normalized spacial score (nSPS) is 12.8.